The summed E-state index contributed by atoms with van der Waals surface area (Å²) in [6.07, 6.45) is -0.194. The van der Waals surface area contributed by atoms with Crippen molar-refractivity contribution in [1.29, 1.82) is 0 Å². The van der Waals surface area contributed by atoms with Crippen molar-refractivity contribution in [3.63, 3.8) is 0 Å². The summed E-state index contributed by atoms with van der Waals surface area (Å²) >= 11 is 7.32. The van der Waals surface area contributed by atoms with Crippen LogP contribution in [0.2, 0.25) is 5.02 Å². The van der Waals surface area contributed by atoms with Crippen molar-refractivity contribution in [3.05, 3.63) is 58.4 Å². The molecule has 18 heavy (non-hydrogen) atoms. The third kappa shape index (κ3) is 2.03. The Bertz CT molecular complexity index is 615. The summed E-state index contributed by atoms with van der Waals surface area (Å²) in [6, 6.07) is 10.8. The number of hydrogen-bond donors (Lipinski definition) is 1. The van der Waals surface area contributed by atoms with Gasteiger partial charge in [0.1, 0.15) is 5.82 Å². The van der Waals surface area contributed by atoms with E-state index in [2.05, 4.69) is 0 Å². The Morgan fingerprint density at radius 2 is 2.00 bits per heavy atom. The lowest BCUT2D eigenvalue weighted by Gasteiger charge is -2.11. The lowest BCUT2D eigenvalue weighted by atomic mass is 10.0. The van der Waals surface area contributed by atoms with Gasteiger partial charge in [0.2, 0.25) is 0 Å². The molecule has 2 aromatic carbocycles. The zero-order valence-corrected chi connectivity index (χ0v) is 10.9. The number of halogens is 2. The summed E-state index contributed by atoms with van der Waals surface area (Å²) < 4.78 is 13.5. The molecule has 1 aliphatic heterocycles. The van der Waals surface area contributed by atoms with Gasteiger partial charge in [-0.15, -0.1) is 0 Å². The van der Waals surface area contributed by atoms with E-state index < -0.39 is 11.9 Å². The lowest BCUT2D eigenvalue weighted by molar-refractivity contribution is 0.175. The van der Waals surface area contributed by atoms with Crippen molar-refractivity contribution < 1.29 is 9.50 Å². The van der Waals surface area contributed by atoms with Crippen LogP contribution in [0.5, 0.6) is 0 Å². The Labute approximate surface area is 114 Å². The van der Waals surface area contributed by atoms with Crippen molar-refractivity contribution in [1.82, 2.24) is 0 Å². The SMILES string of the molecule is OC1Cc2ccccc2Sc2cc(Cl)c(F)cc21. The Hall–Kier alpha value is -1.03. The van der Waals surface area contributed by atoms with Gasteiger partial charge in [-0.2, -0.15) is 0 Å². The maximum atomic E-state index is 13.5. The molecule has 0 saturated carbocycles. The van der Waals surface area contributed by atoms with Gasteiger partial charge in [0, 0.05) is 16.2 Å². The highest BCUT2D eigenvalue weighted by molar-refractivity contribution is 7.99. The molecule has 0 fully saturated rings. The van der Waals surface area contributed by atoms with E-state index in [4.69, 9.17) is 11.6 Å². The van der Waals surface area contributed by atoms with Gasteiger partial charge in [-0.3, -0.25) is 0 Å². The molecule has 4 heteroatoms. The third-order valence-corrected chi connectivity index (χ3v) is 4.50. The van der Waals surface area contributed by atoms with E-state index in [0.29, 0.717) is 12.0 Å². The van der Waals surface area contributed by atoms with Gasteiger partial charge in [0.05, 0.1) is 11.1 Å². The average molecular weight is 281 g/mol. The lowest BCUT2D eigenvalue weighted by Crippen LogP contribution is -2.02. The highest BCUT2D eigenvalue weighted by Gasteiger charge is 2.22. The van der Waals surface area contributed by atoms with Crippen LogP contribution in [-0.2, 0) is 6.42 Å². The maximum Gasteiger partial charge on any atom is 0.142 e. The molecule has 1 aliphatic rings. The van der Waals surface area contributed by atoms with Gasteiger partial charge >= 0.3 is 0 Å². The first-order valence-corrected chi connectivity index (χ1v) is 6.77. The summed E-state index contributed by atoms with van der Waals surface area (Å²) in [7, 11) is 0. The van der Waals surface area contributed by atoms with Gasteiger partial charge in [-0.25, -0.2) is 4.39 Å². The predicted octanol–water partition coefficient (Wildman–Crippen LogP) is 4.22. The standard InChI is InChI=1S/C14H10ClFOS/c15-10-7-14-9(6-11(10)16)12(17)5-8-3-1-2-4-13(8)18-14/h1-4,6-7,12,17H,5H2. The van der Waals surface area contributed by atoms with Crippen molar-refractivity contribution in [2.45, 2.75) is 22.3 Å². The van der Waals surface area contributed by atoms with Gasteiger partial charge in [0.15, 0.2) is 0 Å². The second kappa shape index (κ2) is 4.57. The second-order valence-electron chi connectivity index (χ2n) is 4.23. The Kier molecular flexibility index (Phi) is 3.06. The molecule has 0 aliphatic carbocycles. The number of fused-ring (bicyclic) bond motifs is 2. The topological polar surface area (TPSA) is 20.2 Å². The fourth-order valence-electron chi connectivity index (χ4n) is 2.10. The molecule has 92 valence electrons. The van der Waals surface area contributed by atoms with Crippen molar-refractivity contribution >= 4 is 23.4 Å². The molecule has 0 bridgehead atoms. The molecule has 1 N–H and O–H groups in total. The van der Waals surface area contributed by atoms with E-state index in [1.165, 1.54) is 17.8 Å². The molecule has 2 aromatic rings. The fraction of sp³-hybridized carbons (Fsp3) is 0.143. The molecule has 0 aromatic heterocycles. The van der Waals surface area contributed by atoms with Gasteiger partial charge in [0.25, 0.3) is 0 Å². The average Bonchev–Trinajstić information content (AvgIpc) is 2.47. The smallest absolute Gasteiger partial charge is 0.142 e. The third-order valence-electron chi connectivity index (χ3n) is 3.02. The van der Waals surface area contributed by atoms with E-state index >= 15 is 0 Å². The van der Waals surface area contributed by atoms with E-state index in [9.17, 15) is 9.50 Å². The number of aliphatic hydroxyl groups is 1. The summed E-state index contributed by atoms with van der Waals surface area (Å²) in [5, 5.41) is 10.3. The molecule has 1 heterocycles. The van der Waals surface area contributed by atoms with Crippen LogP contribution in [0.3, 0.4) is 0 Å². The summed E-state index contributed by atoms with van der Waals surface area (Å²) in [5.41, 5.74) is 1.68. The van der Waals surface area contributed by atoms with Crippen LogP contribution in [0, 0.1) is 5.82 Å². The second-order valence-corrected chi connectivity index (χ2v) is 5.72. The molecule has 1 unspecified atom stereocenters. The maximum absolute atomic E-state index is 13.5. The van der Waals surface area contributed by atoms with Crippen LogP contribution in [0.1, 0.15) is 17.2 Å². The van der Waals surface area contributed by atoms with Crippen LogP contribution < -0.4 is 0 Å². The minimum absolute atomic E-state index is 0.0906. The van der Waals surface area contributed by atoms with E-state index in [1.807, 2.05) is 24.3 Å². The first-order valence-electron chi connectivity index (χ1n) is 5.58. The van der Waals surface area contributed by atoms with Crippen LogP contribution in [0.15, 0.2) is 46.2 Å². The van der Waals surface area contributed by atoms with Crippen molar-refractivity contribution in [3.8, 4) is 0 Å². The molecular formula is C14H10ClFOS. The summed E-state index contributed by atoms with van der Waals surface area (Å²) in [4.78, 5) is 1.90. The Morgan fingerprint density at radius 1 is 1.22 bits per heavy atom. The predicted molar refractivity (Wildman–Crippen MR) is 70.6 cm³/mol. The molecule has 0 spiro atoms. The van der Waals surface area contributed by atoms with Crippen LogP contribution in [0.25, 0.3) is 0 Å². The van der Waals surface area contributed by atoms with Gasteiger partial charge < -0.3 is 5.11 Å². The fourth-order valence-corrected chi connectivity index (χ4v) is 3.49. The van der Waals surface area contributed by atoms with Gasteiger partial charge in [-0.05, 0) is 29.3 Å². The normalized spacial score (nSPS) is 17.8. The van der Waals surface area contributed by atoms with Crippen LogP contribution >= 0.6 is 23.4 Å². The molecule has 0 amide bonds. The van der Waals surface area contributed by atoms with Crippen molar-refractivity contribution in [2.24, 2.45) is 0 Å². The largest absolute Gasteiger partial charge is 0.388 e. The van der Waals surface area contributed by atoms with Crippen LogP contribution in [-0.4, -0.2) is 5.11 Å². The number of hydrogen-bond acceptors (Lipinski definition) is 2. The number of aliphatic hydroxyl groups excluding tert-OH is 1. The minimum Gasteiger partial charge on any atom is -0.388 e. The molecule has 1 atom stereocenters. The Morgan fingerprint density at radius 3 is 2.83 bits per heavy atom. The highest BCUT2D eigenvalue weighted by atomic mass is 35.5. The monoisotopic (exact) mass is 280 g/mol. The first kappa shape index (κ1) is 12.0. The van der Waals surface area contributed by atoms with E-state index in [-0.39, 0.29) is 5.02 Å². The summed E-state index contributed by atoms with van der Waals surface area (Å²) in [5.74, 6) is -0.485. The molecule has 0 radical (unpaired) electrons. The van der Waals surface area contributed by atoms with E-state index in [1.54, 1.807) is 6.07 Å². The zero-order valence-electron chi connectivity index (χ0n) is 9.36. The van der Waals surface area contributed by atoms with Gasteiger partial charge in [-0.1, -0.05) is 41.6 Å². The molecular weight excluding hydrogens is 271 g/mol. The number of rotatable bonds is 0. The highest BCUT2D eigenvalue weighted by Crippen LogP contribution is 2.42. The molecule has 3 rings (SSSR count). The molecule has 0 saturated heterocycles. The number of benzene rings is 2. The van der Waals surface area contributed by atoms with Crippen molar-refractivity contribution in [2.75, 3.05) is 0 Å². The minimum atomic E-state index is -0.692. The van der Waals surface area contributed by atoms with E-state index in [0.717, 1.165) is 15.4 Å². The molecule has 1 nitrogen and oxygen atoms in total. The first-order chi connectivity index (χ1) is 8.65. The zero-order chi connectivity index (χ0) is 12.7. The Balaban J connectivity index is 2.16. The van der Waals surface area contributed by atoms with Crippen LogP contribution in [0.4, 0.5) is 4.39 Å². The summed E-state index contributed by atoms with van der Waals surface area (Å²) in [6.45, 7) is 0. The quantitative estimate of drug-likeness (QED) is 0.780.